The minimum Gasteiger partial charge on any atom is -0.351 e. The number of carbonyl (C=O) groups excluding carboxylic acids is 1. The molecule has 1 aliphatic rings. The molecule has 144 valence electrons. The van der Waals surface area contributed by atoms with Crippen LogP contribution >= 0.6 is 11.6 Å². The lowest BCUT2D eigenvalue weighted by Gasteiger charge is -2.29. The van der Waals surface area contributed by atoms with E-state index in [0.29, 0.717) is 25.1 Å². The molecular formula is C21H27ClFN3O+2. The van der Waals surface area contributed by atoms with Crippen LogP contribution in [0.5, 0.6) is 0 Å². The summed E-state index contributed by atoms with van der Waals surface area (Å²) in [5, 5.41) is 3.68. The fraction of sp³-hybridized carbons (Fsp3) is 0.381. The van der Waals surface area contributed by atoms with Gasteiger partial charge >= 0.3 is 0 Å². The van der Waals surface area contributed by atoms with E-state index < -0.39 is 0 Å². The molecule has 2 aromatic rings. The van der Waals surface area contributed by atoms with Crippen LogP contribution < -0.4 is 15.1 Å². The molecule has 1 saturated heterocycles. The van der Waals surface area contributed by atoms with Crippen LogP contribution in [0.1, 0.15) is 11.1 Å². The second-order valence-electron chi connectivity index (χ2n) is 7.17. The summed E-state index contributed by atoms with van der Waals surface area (Å²) in [4.78, 5) is 15.0. The van der Waals surface area contributed by atoms with Gasteiger partial charge in [-0.05, 0) is 30.2 Å². The summed E-state index contributed by atoms with van der Waals surface area (Å²) < 4.78 is 13.6. The molecule has 0 aliphatic carbocycles. The molecule has 3 rings (SSSR count). The van der Waals surface area contributed by atoms with E-state index in [1.807, 2.05) is 18.2 Å². The largest absolute Gasteiger partial charge is 0.351 e. The number of carbonyl (C=O) groups is 1. The number of nitrogens with one attached hydrogen (secondary N) is 3. The molecule has 0 unspecified atom stereocenters. The molecule has 0 spiro atoms. The third-order valence-corrected chi connectivity index (χ3v) is 5.37. The van der Waals surface area contributed by atoms with Crippen molar-refractivity contribution >= 4 is 17.5 Å². The highest BCUT2D eigenvalue weighted by Crippen LogP contribution is 2.08. The molecular weight excluding hydrogens is 365 g/mol. The first-order valence-electron chi connectivity index (χ1n) is 9.52. The minimum absolute atomic E-state index is 0.0440. The normalized spacial score (nSPS) is 19.6. The van der Waals surface area contributed by atoms with Crippen molar-refractivity contribution in [3.8, 4) is 0 Å². The second-order valence-corrected chi connectivity index (χ2v) is 7.61. The Labute approximate surface area is 164 Å². The zero-order valence-corrected chi connectivity index (χ0v) is 16.2. The van der Waals surface area contributed by atoms with Crippen LogP contribution in [-0.2, 0) is 17.8 Å². The van der Waals surface area contributed by atoms with Crippen LogP contribution in [0.15, 0.2) is 48.5 Å². The first kappa shape index (κ1) is 19.8. The lowest BCUT2D eigenvalue weighted by Crippen LogP contribution is -3.28. The van der Waals surface area contributed by atoms with E-state index in [1.54, 1.807) is 17.0 Å². The van der Waals surface area contributed by atoms with Crippen molar-refractivity contribution in [3.05, 3.63) is 70.5 Å². The van der Waals surface area contributed by atoms with Gasteiger partial charge in [-0.25, -0.2) is 4.39 Å². The molecule has 6 heteroatoms. The van der Waals surface area contributed by atoms with Gasteiger partial charge in [-0.1, -0.05) is 41.9 Å². The van der Waals surface area contributed by atoms with Crippen molar-refractivity contribution in [3.63, 3.8) is 0 Å². The first-order valence-corrected chi connectivity index (χ1v) is 9.89. The van der Waals surface area contributed by atoms with Crippen LogP contribution in [-0.4, -0.2) is 45.2 Å². The Hall–Kier alpha value is -1.95. The van der Waals surface area contributed by atoms with Crippen molar-refractivity contribution in [1.29, 1.82) is 0 Å². The Morgan fingerprint density at radius 2 is 1.67 bits per heavy atom. The number of amides is 1. The Bertz CT molecular complexity index is 745. The van der Waals surface area contributed by atoms with Gasteiger partial charge < -0.3 is 15.1 Å². The molecule has 0 radical (unpaired) electrons. The third-order valence-electron chi connectivity index (χ3n) is 5.12. The smallest absolute Gasteiger partial charge is 0.275 e. The van der Waals surface area contributed by atoms with E-state index >= 15 is 0 Å². The Morgan fingerprint density at radius 3 is 2.37 bits per heavy atom. The fourth-order valence-corrected chi connectivity index (χ4v) is 3.65. The maximum absolute atomic E-state index is 13.6. The van der Waals surface area contributed by atoms with E-state index in [0.717, 1.165) is 37.7 Å². The van der Waals surface area contributed by atoms with Crippen LogP contribution in [0.3, 0.4) is 0 Å². The predicted molar refractivity (Wildman–Crippen MR) is 105 cm³/mol. The van der Waals surface area contributed by atoms with Crippen LogP contribution in [0.2, 0.25) is 5.02 Å². The average molecular weight is 392 g/mol. The number of hydrogen-bond acceptors (Lipinski definition) is 1. The lowest BCUT2D eigenvalue weighted by molar-refractivity contribution is -1.02. The molecule has 27 heavy (non-hydrogen) atoms. The first-order chi connectivity index (χ1) is 13.1. The van der Waals surface area contributed by atoms with Crippen molar-refractivity contribution < 1.29 is 19.0 Å². The molecule has 0 aromatic heterocycles. The molecule has 1 amide bonds. The number of quaternary nitrogens is 2. The molecule has 0 saturated carbocycles. The van der Waals surface area contributed by atoms with Gasteiger partial charge in [-0.15, -0.1) is 0 Å². The number of rotatable bonds is 7. The molecule has 0 bridgehead atoms. The third kappa shape index (κ3) is 6.31. The summed E-state index contributed by atoms with van der Waals surface area (Å²) in [6, 6.07) is 14.7. The van der Waals surface area contributed by atoms with E-state index in [1.165, 1.54) is 16.5 Å². The summed E-state index contributed by atoms with van der Waals surface area (Å²) in [7, 11) is 0. The van der Waals surface area contributed by atoms with Gasteiger partial charge in [-0.2, -0.15) is 0 Å². The maximum Gasteiger partial charge on any atom is 0.275 e. The van der Waals surface area contributed by atoms with E-state index in [-0.39, 0.29) is 11.7 Å². The Morgan fingerprint density at radius 1 is 1.00 bits per heavy atom. The molecule has 0 atom stereocenters. The highest BCUT2D eigenvalue weighted by Gasteiger charge is 2.24. The topological polar surface area (TPSA) is 38.0 Å². The van der Waals surface area contributed by atoms with Crippen LogP contribution in [0.25, 0.3) is 0 Å². The van der Waals surface area contributed by atoms with Gasteiger partial charge in [0.2, 0.25) is 0 Å². The highest BCUT2D eigenvalue weighted by atomic mass is 35.5. The second kappa shape index (κ2) is 9.83. The van der Waals surface area contributed by atoms with E-state index in [2.05, 4.69) is 17.4 Å². The summed E-state index contributed by atoms with van der Waals surface area (Å²) in [6.45, 7) is 6.06. The molecule has 3 N–H and O–H groups in total. The SMILES string of the molecule is O=C(C[NH+]1CC[NH+](Cc2ccc(Cl)cc2)CC1)NCCc1ccccc1F. The quantitative estimate of drug-likeness (QED) is 0.616. The zero-order chi connectivity index (χ0) is 19.1. The van der Waals surface area contributed by atoms with Gasteiger partial charge in [0, 0.05) is 17.1 Å². The zero-order valence-electron chi connectivity index (χ0n) is 15.4. The van der Waals surface area contributed by atoms with Crippen LogP contribution in [0, 0.1) is 5.82 Å². The van der Waals surface area contributed by atoms with Gasteiger partial charge in [0.05, 0.1) is 0 Å². The Kier molecular flexibility index (Phi) is 7.21. The van der Waals surface area contributed by atoms with Crippen LogP contribution in [0.4, 0.5) is 4.39 Å². The maximum atomic E-state index is 13.6. The molecule has 1 aliphatic heterocycles. The summed E-state index contributed by atoms with van der Waals surface area (Å²) in [5.41, 5.74) is 1.94. The molecule has 2 aromatic carbocycles. The van der Waals surface area contributed by atoms with Crippen molar-refractivity contribution in [2.45, 2.75) is 13.0 Å². The van der Waals surface area contributed by atoms with Gasteiger partial charge in [0.1, 0.15) is 38.5 Å². The van der Waals surface area contributed by atoms with Gasteiger partial charge in [0.15, 0.2) is 6.54 Å². The van der Waals surface area contributed by atoms with E-state index in [4.69, 9.17) is 11.6 Å². The number of halogens is 2. The summed E-state index contributed by atoms with van der Waals surface area (Å²) >= 11 is 5.93. The number of piperazine rings is 1. The lowest BCUT2D eigenvalue weighted by atomic mass is 10.1. The highest BCUT2D eigenvalue weighted by molar-refractivity contribution is 6.30. The van der Waals surface area contributed by atoms with Gasteiger partial charge in [0.25, 0.3) is 5.91 Å². The van der Waals surface area contributed by atoms with Crippen molar-refractivity contribution in [2.24, 2.45) is 0 Å². The minimum atomic E-state index is -0.211. The monoisotopic (exact) mass is 391 g/mol. The number of hydrogen-bond donors (Lipinski definition) is 3. The van der Waals surface area contributed by atoms with Gasteiger partial charge in [-0.3, -0.25) is 4.79 Å². The summed E-state index contributed by atoms with van der Waals surface area (Å²) in [6.07, 6.45) is 0.521. The predicted octanol–water partition coefficient (Wildman–Crippen LogP) is 0.121. The van der Waals surface area contributed by atoms with E-state index in [9.17, 15) is 9.18 Å². The molecule has 1 fully saturated rings. The summed E-state index contributed by atoms with van der Waals surface area (Å²) in [5.74, 6) is -0.167. The standard InChI is InChI=1S/C21H25ClFN3O/c22-19-7-5-17(6-8-19)15-25-11-13-26(14-12-25)16-21(27)24-10-9-18-3-1-2-4-20(18)23/h1-8H,9-16H2,(H,24,27)/p+2. The molecule has 1 heterocycles. The Balaban J connectivity index is 1.34. The number of benzene rings is 2. The van der Waals surface area contributed by atoms with Crippen molar-refractivity contribution in [2.75, 3.05) is 39.3 Å². The average Bonchev–Trinajstić information content (AvgIpc) is 2.67. The van der Waals surface area contributed by atoms with Crippen molar-refractivity contribution in [1.82, 2.24) is 5.32 Å². The fourth-order valence-electron chi connectivity index (χ4n) is 3.53. The molecule has 4 nitrogen and oxygen atoms in total.